The predicted octanol–water partition coefficient (Wildman–Crippen LogP) is 6.30. The van der Waals surface area contributed by atoms with E-state index in [1.54, 1.807) is 25.2 Å². The van der Waals surface area contributed by atoms with Crippen LogP contribution in [0.3, 0.4) is 0 Å². The Labute approximate surface area is 217 Å². The van der Waals surface area contributed by atoms with E-state index in [1.807, 2.05) is 19.2 Å². The number of benzene rings is 3. The molecule has 0 aliphatic carbocycles. The lowest BCUT2D eigenvalue weighted by molar-refractivity contribution is 0.0964. The number of halogens is 2. The summed E-state index contributed by atoms with van der Waals surface area (Å²) in [5.74, 6) is -0.494. The lowest BCUT2D eigenvalue weighted by Gasteiger charge is -2.32. The predicted molar refractivity (Wildman–Crippen MR) is 143 cm³/mol. The maximum absolute atomic E-state index is 13.7. The summed E-state index contributed by atoms with van der Waals surface area (Å²) in [5, 5.41) is 6.67. The van der Waals surface area contributed by atoms with Crippen LogP contribution in [0.1, 0.15) is 34.7 Å². The molecule has 0 spiro atoms. The number of hydrogen-bond acceptors (Lipinski definition) is 6. The van der Waals surface area contributed by atoms with Crippen molar-refractivity contribution in [2.45, 2.75) is 18.8 Å². The molecule has 38 heavy (non-hydrogen) atoms. The van der Waals surface area contributed by atoms with Crippen LogP contribution in [-0.2, 0) is 0 Å². The van der Waals surface area contributed by atoms with Gasteiger partial charge in [0.05, 0.1) is 5.56 Å². The fourth-order valence-corrected chi connectivity index (χ4v) is 5.30. The summed E-state index contributed by atoms with van der Waals surface area (Å²) >= 11 is 0. The first-order chi connectivity index (χ1) is 18.4. The monoisotopic (exact) mass is 516 g/mol. The summed E-state index contributed by atoms with van der Waals surface area (Å²) in [6, 6.07) is 14.6. The zero-order valence-electron chi connectivity index (χ0n) is 21.0. The van der Waals surface area contributed by atoms with Crippen LogP contribution in [0.5, 0.6) is 0 Å². The fourth-order valence-electron chi connectivity index (χ4n) is 5.30. The third-order valence-electron chi connectivity index (χ3n) is 7.16. The minimum Gasteiger partial charge on any atom is -0.455 e. The molecule has 7 nitrogen and oxygen atoms in total. The number of nitrogens with zero attached hydrogens (tertiary/aromatic N) is 2. The summed E-state index contributed by atoms with van der Waals surface area (Å²) in [4.78, 5) is 19.6. The quantitative estimate of drug-likeness (QED) is 0.285. The molecule has 0 bridgehead atoms. The third-order valence-corrected chi connectivity index (χ3v) is 7.16. The van der Waals surface area contributed by atoms with E-state index >= 15 is 0 Å². The van der Waals surface area contributed by atoms with Crippen LogP contribution >= 0.6 is 0 Å². The summed E-state index contributed by atoms with van der Waals surface area (Å²) in [6.45, 7) is 1.42. The second kappa shape index (κ2) is 9.48. The topological polar surface area (TPSA) is 83.5 Å². The van der Waals surface area contributed by atoms with Crippen molar-refractivity contribution in [3.8, 4) is 11.3 Å². The molecule has 1 aliphatic heterocycles. The number of oxazole rings is 1. The van der Waals surface area contributed by atoms with Gasteiger partial charge in [-0.15, -0.1) is 0 Å². The maximum Gasteiger partial charge on any atom is 0.298 e. The molecule has 6 rings (SSSR count). The minimum absolute atomic E-state index is 0.115. The molecular weight excluding hydrogens is 490 g/mol. The lowest BCUT2D eigenvalue weighted by atomic mass is 9.88. The van der Waals surface area contributed by atoms with Crippen LogP contribution in [0.4, 0.5) is 20.5 Å². The van der Waals surface area contributed by atoms with Gasteiger partial charge >= 0.3 is 0 Å². The number of fused-ring (bicyclic) bond motifs is 2. The first-order valence-electron chi connectivity index (χ1n) is 12.5. The van der Waals surface area contributed by atoms with Crippen LogP contribution in [0.25, 0.3) is 33.4 Å². The molecule has 1 fully saturated rings. The van der Waals surface area contributed by atoms with E-state index in [1.165, 1.54) is 24.3 Å². The molecule has 2 N–H and O–H groups in total. The normalized spacial score (nSPS) is 15.8. The Morgan fingerprint density at radius 1 is 1.00 bits per heavy atom. The van der Waals surface area contributed by atoms with Gasteiger partial charge in [0, 0.05) is 61.9 Å². The van der Waals surface area contributed by atoms with Crippen LogP contribution in [0.15, 0.2) is 63.4 Å². The Hall–Kier alpha value is -4.40. The van der Waals surface area contributed by atoms with Crippen molar-refractivity contribution in [3.63, 3.8) is 0 Å². The molecule has 3 heterocycles. The van der Waals surface area contributed by atoms with Gasteiger partial charge < -0.3 is 24.4 Å². The van der Waals surface area contributed by atoms with Crippen molar-refractivity contribution in [3.05, 3.63) is 77.4 Å². The van der Waals surface area contributed by atoms with E-state index in [2.05, 4.69) is 20.5 Å². The average Bonchev–Trinajstić information content (AvgIpc) is 3.53. The van der Waals surface area contributed by atoms with E-state index < -0.39 is 0 Å². The molecule has 3 aromatic carbocycles. The van der Waals surface area contributed by atoms with Crippen molar-refractivity contribution >= 4 is 39.7 Å². The van der Waals surface area contributed by atoms with Crippen LogP contribution in [0.2, 0.25) is 0 Å². The molecule has 1 amide bonds. The van der Waals surface area contributed by atoms with Crippen molar-refractivity contribution in [2.24, 2.45) is 0 Å². The van der Waals surface area contributed by atoms with Gasteiger partial charge in [0.2, 0.25) is 0 Å². The van der Waals surface area contributed by atoms with Crippen LogP contribution < -0.4 is 15.5 Å². The summed E-state index contributed by atoms with van der Waals surface area (Å²) in [7, 11) is 3.42. The number of hydrogen-bond donors (Lipinski definition) is 2. The largest absolute Gasteiger partial charge is 0.455 e. The van der Waals surface area contributed by atoms with E-state index in [0.717, 1.165) is 30.6 Å². The van der Waals surface area contributed by atoms with Gasteiger partial charge in [-0.2, -0.15) is 4.98 Å². The van der Waals surface area contributed by atoms with Gasteiger partial charge in [0.25, 0.3) is 11.9 Å². The lowest BCUT2D eigenvalue weighted by Crippen LogP contribution is -2.34. The molecule has 5 aromatic rings. The highest BCUT2D eigenvalue weighted by Gasteiger charge is 2.29. The Kier molecular flexibility index (Phi) is 5.98. The van der Waals surface area contributed by atoms with Crippen molar-refractivity contribution in [1.29, 1.82) is 0 Å². The second-order valence-corrected chi connectivity index (χ2v) is 9.47. The van der Waals surface area contributed by atoms with Gasteiger partial charge in [-0.25, -0.2) is 8.78 Å². The molecule has 194 valence electrons. The van der Waals surface area contributed by atoms with E-state index in [0.29, 0.717) is 51.5 Å². The molecule has 9 heteroatoms. The van der Waals surface area contributed by atoms with Gasteiger partial charge in [0.1, 0.15) is 28.5 Å². The average molecular weight is 517 g/mol. The van der Waals surface area contributed by atoms with E-state index in [9.17, 15) is 13.6 Å². The molecule has 1 saturated heterocycles. The first kappa shape index (κ1) is 24.0. The highest BCUT2D eigenvalue weighted by Crippen LogP contribution is 2.41. The Morgan fingerprint density at radius 3 is 2.55 bits per heavy atom. The number of rotatable bonds is 5. The van der Waals surface area contributed by atoms with E-state index in [4.69, 9.17) is 8.83 Å². The SMILES string of the molecule is CNC(=O)c1c(-c2ccc(F)cc2)oc2cc(NC)c([C@@H]3CCCN(c4nc5cc(F)ccc5o4)C3)cc12. The number of nitrogens with one attached hydrogen (secondary N) is 2. The van der Waals surface area contributed by atoms with Gasteiger partial charge in [0.15, 0.2) is 5.58 Å². The number of amides is 1. The molecule has 2 aromatic heterocycles. The maximum atomic E-state index is 13.7. The molecule has 0 saturated carbocycles. The molecule has 1 aliphatic rings. The summed E-state index contributed by atoms with van der Waals surface area (Å²) < 4.78 is 39.4. The molecular formula is C29H26F2N4O3. The number of furan rings is 1. The van der Waals surface area contributed by atoms with E-state index in [-0.39, 0.29) is 23.5 Å². The third kappa shape index (κ3) is 4.13. The smallest absolute Gasteiger partial charge is 0.298 e. The number of carbonyl (C=O) groups excluding carboxylic acids is 1. The zero-order valence-corrected chi connectivity index (χ0v) is 21.0. The number of anilines is 2. The van der Waals surface area contributed by atoms with Crippen molar-refractivity contribution < 1.29 is 22.4 Å². The summed E-state index contributed by atoms with van der Waals surface area (Å²) in [5.41, 5.74) is 4.56. The number of aromatic nitrogens is 1. The number of carbonyl (C=O) groups is 1. The van der Waals surface area contributed by atoms with Gasteiger partial charge in [-0.05, 0) is 60.9 Å². The Balaban J connectivity index is 1.42. The van der Waals surface area contributed by atoms with Crippen molar-refractivity contribution in [1.82, 2.24) is 10.3 Å². The van der Waals surface area contributed by atoms with Crippen LogP contribution in [0, 0.1) is 11.6 Å². The summed E-state index contributed by atoms with van der Waals surface area (Å²) in [6.07, 6.45) is 1.84. The fraction of sp³-hybridized carbons (Fsp3) is 0.241. The first-order valence-corrected chi connectivity index (χ1v) is 12.5. The molecule has 0 unspecified atom stereocenters. The highest BCUT2D eigenvalue weighted by molar-refractivity contribution is 6.11. The Bertz CT molecular complexity index is 1660. The van der Waals surface area contributed by atoms with Gasteiger partial charge in [-0.3, -0.25) is 4.79 Å². The molecule has 0 radical (unpaired) electrons. The zero-order chi connectivity index (χ0) is 26.4. The van der Waals surface area contributed by atoms with Gasteiger partial charge in [-0.1, -0.05) is 0 Å². The second-order valence-electron chi connectivity index (χ2n) is 9.47. The standard InChI is InChI=1S/C29H26F2N4O3/c1-32-22-14-25-21(26(28(36)33-2)27(37-25)16-5-7-18(30)8-6-16)13-20(22)17-4-3-11-35(15-17)29-34-23-12-19(31)9-10-24(23)38-29/h5-10,12-14,17,32H,3-4,11,15H2,1-2H3,(H,33,36)/t17-/m1/s1. The Morgan fingerprint density at radius 2 is 1.79 bits per heavy atom. The highest BCUT2D eigenvalue weighted by atomic mass is 19.1. The van der Waals surface area contributed by atoms with Crippen molar-refractivity contribution in [2.75, 3.05) is 37.4 Å². The minimum atomic E-state index is -0.364. The number of piperidine rings is 1. The van der Waals surface area contributed by atoms with Crippen LogP contribution in [-0.4, -0.2) is 38.1 Å². The molecule has 1 atom stereocenters.